The zero-order valence-corrected chi connectivity index (χ0v) is 13.5. The summed E-state index contributed by atoms with van der Waals surface area (Å²) in [5.41, 5.74) is -0.260. The molecule has 116 valence electrons. The van der Waals surface area contributed by atoms with Crippen LogP contribution in [0, 0.1) is 0 Å². The molecule has 1 saturated carbocycles. The van der Waals surface area contributed by atoms with Gasteiger partial charge in [0.1, 0.15) is 5.60 Å². The number of hydrogen-bond donors (Lipinski definition) is 3. The Morgan fingerprint density at radius 1 is 1.38 bits per heavy atom. The van der Waals surface area contributed by atoms with Gasteiger partial charge in [0, 0.05) is 11.3 Å². The first-order chi connectivity index (χ1) is 10.0. The molecular weight excluding hydrogens is 284 g/mol. The highest BCUT2D eigenvalue weighted by Crippen LogP contribution is 2.28. The van der Waals surface area contributed by atoms with Gasteiger partial charge in [0.05, 0.1) is 6.54 Å². The van der Waals surface area contributed by atoms with E-state index in [0.29, 0.717) is 5.25 Å². The van der Waals surface area contributed by atoms with Gasteiger partial charge < -0.3 is 15.7 Å². The highest BCUT2D eigenvalue weighted by molar-refractivity contribution is 7.99. The summed E-state index contributed by atoms with van der Waals surface area (Å²) in [7, 11) is 0. The van der Waals surface area contributed by atoms with Crippen molar-refractivity contribution in [1.82, 2.24) is 10.6 Å². The summed E-state index contributed by atoms with van der Waals surface area (Å²) in [6.07, 6.45) is 5.34. The molecule has 0 aliphatic heterocycles. The van der Waals surface area contributed by atoms with Gasteiger partial charge in [-0.05, 0) is 38.0 Å². The zero-order valence-electron chi connectivity index (χ0n) is 12.6. The van der Waals surface area contributed by atoms with Crippen molar-refractivity contribution >= 4 is 17.8 Å². The van der Waals surface area contributed by atoms with Gasteiger partial charge in [-0.1, -0.05) is 30.3 Å². The second-order valence-electron chi connectivity index (χ2n) is 5.83. The Morgan fingerprint density at radius 2 is 2.10 bits per heavy atom. The van der Waals surface area contributed by atoms with Gasteiger partial charge in [0.15, 0.2) is 0 Å². The number of nitrogens with one attached hydrogen (secondary N) is 2. The fourth-order valence-electron chi connectivity index (χ4n) is 2.67. The van der Waals surface area contributed by atoms with E-state index in [1.165, 1.54) is 0 Å². The van der Waals surface area contributed by atoms with Crippen LogP contribution in [0.3, 0.4) is 0 Å². The highest BCUT2D eigenvalue weighted by Gasteiger charge is 2.27. The van der Waals surface area contributed by atoms with Crippen LogP contribution in [0.25, 0.3) is 0 Å². The summed E-state index contributed by atoms with van der Waals surface area (Å²) in [4.78, 5) is 11.9. The Kier molecular flexibility index (Phi) is 5.53. The molecule has 0 saturated heterocycles. The van der Waals surface area contributed by atoms with E-state index in [4.69, 9.17) is 0 Å². The number of rotatable bonds is 5. The average Bonchev–Trinajstić information content (AvgIpc) is 2.94. The summed E-state index contributed by atoms with van der Waals surface area (Å²) in [6, 6.07) is 9.44. The number of benzene rings is 1. The lowest BCUT2D eigenvalue weighted by atomic mass is 9.96. The average molecular weight is 308 g/mol. The van der Waals surface area contributed by atoms with E-state index in [1.807, 2.05) is 42.1 Å². The lowest BCUT2D eigenvalue weighted by Gasteiger charge is -2.25. The van der Waals surface area contributed by atoms with Gasteiger partial charge in [-0.25, -0.2) is 4.79 Å². The van der Waals surface area contributed by atoms with Gasteiger partial charge in [-0.15, -0.1) is 0 Å². The highest BCUT2D eigenvalue weighted by atomic mass is 32.2. The first-order valence-electron chi connectivity index (χ1n) is 7.36. The molecule has 3 N–H and O–H groups in total. The normalized spacial score (nSPS) is 24.3. The molecule has 1 fully saturated rings. The molecule has 0 heterocycles. The summed E-state index contributed by atoms with van der Waals surface area (Å²) >= 11 is 1.87. The maximum absolute atomic E-state index is 11.9. The van der Waals surface area contributed by atoms with Crippen molar-refractivity contribution in [3.8, 4) is 0 Å². The number of urea groups is 1. The van der Waals surface area contributed by atoms with Crippen molar-refractivity contribution < 1.29 is 9.90 Å². The molecule has 2 amide bonds. The largest absolute Gasteiger partial charge is 0.384 e. The second-order valence-corrected chi connectivity index (χ2v) is 6.97. The number of carbonyl (C=O) groups excluding carboxylic acids is 1. The van der Waals surface area contributed by atoms with Crippen LogP contribution < -0.4 is 10.6 Å². The van der Waals surface area contributed by atoms with Crippen molar-refractivity contribution in [1.29, 1.82) is 0 Å². The summed E-state index contributed by atoms with van der Waals surface area (Å²) in [5.74, 6) is 0. The molecule has 0 radical (unpaired) electrons. The number of carbonyl (C=O) groups is 1. The molecule has 5 heteroatoms. The Bertz CT molecular complexity index is 465. The Hall–Kier alpha value is -1.20. The monoisotopic (exact) mass is 308 g/mol. The second kappa shape index (κ2) is 7.18. The molecule has 1 aliphatic carbocycles. The van der Waals surface area contributed by atoms with E-state index in [9.17, 15) is 9.90 Å². The third kappa shape index (κ3) is 4.64. The fourth-order valence-corrected chi connectivity index (χ4v) is 3.47. The van der Waals surface area contributed by atoms with Gasteiger partial charge in [0.2, 0.25) is 0 Å². The van der Waals surface area contributed by atoms with Crippen molar-refractivity contribution in [2.45, 2.75) is 43.1 Å². The van der Waals surface area contributed by atoms with Crippen LogP contribution in [-0.4, -0.2) is 35.2 Å². The molecule has 0 bridgehead atoms. The molecule has 1 aromatic rings. The molecule has 3 unspecified atom stereocenters. The van der Waals surface area contributed by atoms with E-state index in [-0.39, 0.29) is 18.6 Å². The minimum absolute atomic E-state index is 0.196. The quantitative estimate of drug-likeness (QED) is 0.783. The van der Waals surface area contributed by atoms with Crippen molar-refractivity contribution in [2.24, 2.45) is 0 Å². The van der Waals surface area contributed by atoms with Gasteiger partial charge >= 0.3 is 6.03 Å². The smallest absolute Gasteiger partial charge is 0.315 e. The predicted molar refractivity (Wildman–Crippen MR) is 87.5 cm³/mol. The Morgan fingerprint density at radius 3 is 2.71 bits per heavy atom. The predicted octanol–water partition coefficient (Wildman–Crippen LogP) is 2.48. The third-order valence-corrected chi connectivity index (χ3v) is 5.14. The number of thioether (sulfide) groups is 1. The molecule has 2 rings (SSSR count). The van der Waals surface area contributed by atoms with E-state index in [0.717, 1.165) is 24.8 Å². The molecule has 4 nitrogen and oxygen atoms in total. The topological polar surface area (TPSA) is 61.4 Å². The van der Waals surface area contributed by atoms with Crippen LogP contribution in [-0.2, 0) is 5.60 Å². The van der Waals surface area contributed by atoms with Gasteiger partial charge in [-0.3, -0.25) is 0 Å². The molecule has 3 atom stereocenters. The van der Waals surface area contributed by atoms with Crippen molar-refractivity contribution in [2.75, 3.05) is 12.8 Å². The summed E-state index contributed by atoms with van der Waals surface area (Å²) < 4.78 is 0. The molecule has 21 heavy (non-hydrogen) atoms. The number of amides is 2. The Balaban J connectivity index is 1.79. The molecule has 0 spiro atoms. The zero-order chi connectivity index (χ0) is 15.3. The first kappa shape index (κ1) is 16.2. The minimum atomic E-state index is -1.06. The minimum Gasteiger partial charge on any atom is -0.384 e. The summed E-state index contributed by atoms with van der Waals surface area (Å²) in [6.45, 7) is 1.91. The van der Waals surface area contributed by atoms with Crippen LogP contribution in [0.1, 0.15) is 31.7 Å². The van der Waals surface area contributed by atoms with Gasteiger partial charge in [-0.2, -0.15) is 11.8 Å². The van der Waals surface area contributed by atoms with Crippen LogP contribution >= 0.6 is 11.8 Å². The summed E-state index contributed by atoms with van der Waals surface area (Å²) in [5, 5.41) is 16.9. The van der Waals surface area contributed by atoms with Crippen LogP contribution in [0.4, 0.5) is 4.79 Å². The van der Waals surface area contributed by atoms with Crippen LogP contribution in [0.15, 0.2) is 30.3 Å². The molecule has 0 aromatic heterocycles. The lowest BCUT2D eigenvalue weighted by molar-refractivity contribution is 0.0592. The van der Waals surface area contributed by atoms with E-state index in [1.54, 1.807) is 6.92 Å². The van der Waals surface area contributed by atoms with E-state index >= 15 is 0 Å². The lowest BCUT2D eigenvalue weighted by Crippen LogP contribution is -2.46. The molecule has 1 aromatic carbocycles. The Labute approximate surface area is 130 Å². The number of aliphatic hydroxyl groups is 1. The van der Waals surface area contributed by atoms with E-state index in [2.05, 4.69) is 16.9 Å². The molecular formula is C16H24N2O2S. The van der Waals surface area contributed by atoms with Crippen LogP contribution in [0.5, 0.6) is 0 Å². The third-order valence-electron chi connectivity index (χ3n) is 4.04. The van der Waals surface area contributed by atoms with Crippen molar-refractivity contribution in [3.05, 3.63) is 35.9 Å². The molecule has 1 aliphatic rings. The SMILES string of the molecule is CSC1CCC(NC(=O)NCC(C)(O)c2ccccc2)C1. The van der Waals surface area contributed by atoms with Crippen molar-refractivity contribution in [3.63, 3.8) is 0 Å². The standard InChI is InChI=1S/C16H24N2O2S/c1-16(20,12-6-4-3-5-7-12)11-17-15(19)18-13-8-9-14(10-13)21-2/h3-7,13-14,20H,8-11H2,1-2H3,(H2,17,18,19). The number of hydrogen-bond acceptors (Lipinski definition) is 3. The first-order valence-corrected chi connectivity index (χ1v) is 8.65. The fraction of sp³-hybridized carbons (Fsp3) is 0.562. The maximum Gasteiger partial charge on any atom is 0.315 e. The maximum atomic E-state index is 11.9. The van der Waals surface area contributed by atoms with Gasteiger partial charge in [0.25, 0.3) is 0 Å². The van der Waals surface area contributed by atoms with Crippen LogP contribution in [0.2, 0.25) is 0 Å². The van der Waals surface area contributed by atoms with E-state index < -0.39 is 5.60 Å².